The Kier molecular flexibility index (Phi) is 2.22. The van der Waals surface area contributed by atoms with Gasteiger partial charge < -0.3 is 10.3 Å². The van der Waals surface area contributed by atoms with Crippen molar-refractivity contribution in [3.8, 4) is 11.3 Å². The summed E-state index contributed by atoms with van der Waals surface area (Å²) in [6.45, 7) is 0. The highest BCUT2D eigenvalue weighted by Crippen LogP contribution is 2.30. The molecule has 86 valence electrons. The number of nitrogens with zero attached hydrogens (tertiary/aromatic N) is 2. The molecule has 5 heteroatoms. The predicted octanol–water partition coefficient (Wildman–Crippen LogP) is 2.91. The zero-order valence-corrected chi connectivity index (χ0v) is 10.8. The molecule has 0 atom stereocenters. The molecule has 3 aromatic rings. The van der Waals surface area contributed by atoms with E-state index in [0.717, 1.165) is 15.7 Å². The molecule has 0 aliphatic rings. The number of nitrogens with two attached hydrogens (primary N) is 1. The number of rotatable bonds is 1. The lowest BCUT2D eigenvalue weighted by Gasteiger charge is -2.00. The summed E-state index contributed by atoms with van der Waals surface area (Å²) in [4.78, 5) is 0. The van der Waals surface area contributed by atoms with Crippen molar-refractivity contribution < 1.29 is 0 Å². The van der Waals surface area contributed by atoms with Gasteiger partial charge in [0.25, 0.3) is 0 Å². The van der Waals surface area contributed by atoms with Gasteiger partial charge in [-0.25, -0.2) is 0 Å². The van der Waals surface area contributed by atoms with Crippen LogP contribution in [0.15, 0.2) is 34.9 Å². The van der Waals surface area contributed by atoms with E-state index >= 15 is 0 Å². The Balaban J connectivity index is 2.22. The van der Waals surface area contributed by atoms with Crippen molar-refractivity contribution in [3.63, 3.8) is 0 Å². The van der Waals surface area contributed by atoms with Crippen molar-refractivity contribution in [1.29, 1.82) is 0 Å². The SMILES string of the molecule is Cn1cc(Br)c2cc(-c3cc(N)n[nH]3)ccc21. The van der Waals surface area contributed by atoms with E-state index in [-0.39, 0.29) is 0 Å². The van der Waals surface area contributed by atoms with E-state index in [9.17, 15) is 0 Å². The normalized spacial score (nSPS) is 11.2. The van der Waals surface area contributed by atoms with E-state index in [4.69, 9.17) is 5.73 Å². The van der Waals surface area contributed by atoms with Gasteiger partial charge in [-0.15, -0.1) is 0 Å². The Bertz CT molecular complexity index is 696. The van der Waals surface area contributed by atoms with Crippen LogP contribution in [0.4, 0.5) is 5.82 Å². The topological polar surface area (TPSA) is 59.6 Å². The molecule has 4 nitrogen and oxygen atoms in total. The van der Waals surface area contributed by atoms with E-state index in [1.165, 1.54) is 10.9 Å². The van der Waals surface area contributed by atoms with Crippen molar-refractivity contribution >= 4 is 32.7 Å². The van der Waals surface area contributed by atoms with Gasteiger partial charge in [-0.2, -0.15) is 5.10 Å². The first-order valence-corrected chi connectivity index (χ1v) is 6.00. The van der Waals surface area contributed by atoms with Crippen LogP contribution in [0.25, 0.3) is 22.2 Å². The minimum absolute atomic E-state index is 0.507. The van der Waals surface area contributed by atoms with Gasteiger partial charge in [-0.1, -0.05) is 6.07 Å². The van der Waals surface area contributed by atoms with Gasteiger partial charge >= 0.3 is 0 Å². The fraction of sp³-hybridized carbons (Fsp3) is 0.0833. The van der Waals surface area contributed by atoms with Crippen LogP contribution < -0.4 is 5.73 Å². The van der Waals surface area contributed by atoms with Crippen molar-refractivity contribution in [2.75, 3.05) is 5.73 Å². The Morgan fingerprint density at radius 2 is 2.18 bits per heavy atom. The average molecular weight is 291 g/mol. The van der Waals surface area contributed by atoms with Crippen LogP contribution in [-0.4, -0.2) is 14.8 Å². The second kappa shape index (κ2) is 3.63. The third-order valence-electron chi connectivity index (χ3n) is 2.85. The summed E-state index contributed by atoms with van der Waals surface area (Å²) in [7, 11) is 2.03. The predicted molar refractivity (Wildman–Crippen MR) is 72.6 cm³/mol. The largest absolute Gasteiger partial charge is 0.382 e. The number of benzene rings is 1. The van der Waals surface area contributed by atoms with Crippen LogP contribution in [0.1, 0.15) is 0 Å². The van der Waals surface area contributed by atoms with E-state index in [0.29, 0.717) is 5.82 Å². The standard InChI is InChI=1S/C12H11BrN4/c1-17-6-9(13)8-4-7(2-3-11(8)17)10-5-12(14)16-15-10/h2-6H,1H3,(H3,14,15,16). The second-order valence-electron chi connectivity index (χ2n) is 4.03. The van der Waals surface area contributed by atoms with Gasteiger partial charge in [-0.05, 0) is 28.1 Å². The Morgan fingerprint density at radius 1 is 1.35 bits per heavy atom. The van der Waals surface area contributed by atoms with E-state index in [1.54, 1.807) is 0 Å². The summed E-state index contributed by atoms with van der Waals surface area (Å²) < 4.78 is 3.18. The number of aryl methyl sites for hydroxylation is 1. The van der Waals surface area contributed by atoms with Crippen LogP contribution in [-0.2, 0) is 7.05 Å². The smallest absolute Gasteiger partial charge is 0.145 e. The molecule has 0 saturated carbocycles. The Morgan fingerprint density at radius 3 is 2.88 bits per heavy atom. The van der Waals surface area contributed by atoms with Crippen LogP contribution in [0.5, 0.6) is 0 Å². The van der Waals surface area contributed by atoms with E-state index in [2.05, 4.69) is 55.1 Å². The quantitative estimate of drug-likeness (QED) is 0.724. The summed E-state index contributed by atoms with van der Waals surface area (Å²) in [6, 6.07) is 8.10. The number of hydrogen-bond acceptors (Lipinski definition) is 2. The van der Waals surface area contributed by atoms with Crippen LogP contribution >= 0.6 is 15.9 Å². The first kappa shape index (κ1) is 10.4. The molecule has 2 aromatic heterocycles. The molecule has 0 radical (unpaired) electrons. The molecule has 0 fully saturated rings. The molecule has 0 bridgehead atoms. The molecule has 17 heavy (non-hydrogen) atoms. The summed E-state index contributed by atoms with van der Waals surface area (Å²) >= 11 is 3.56. The number of anilines is 1. The van der Waals surface area contributed by atoms with Crippen LogP contribution in [0.3, 0.4) is 0 Å². The van der Waals surface area contributed by atoms with Gasteiger partial charge in [0.1, 0.15) is 5.82 Å². The number of nitrogen functional groups attached to an aromatic ring is 1. The molecule has 2 heterocycles. The summed E-state index contributed by atoms with van der Waals surface area (Å²) in [6.07, 6.45) is 2.05. The molecular formula is C12H11BrN4. The maximum absolute atomic E-state index is 5.61. The molecule has 0 amide bonds. The van der Waals surface area contributed by atoms with Gasteiger partial charge in [0, 0.05) is 40.2 Å². The minimum atomic E-state index is 0.507. The lowest BCUT2D eigenvalue weighted by molar-refractivity contribution is 0.966. The first-order chi connectivity index (χ1) is 8.15. The van der Waals surface area contributed by atoms with Crippen LogP contribution in [0.2, 0.25) is 0 Å². The highest BCUT2D eigenvalue weighted by atomic mass is 79.9. The van der Waals surface area contributed by atoms with Crippen LogP contribution in [0, 0.1) is 0 Å². The van der Waals surface area contributed by atoms with Crippen molar-refractivity contribution in [2.45, 2.75) is 0 Å². The second-order valence-corrected chi connectivity index (χ2v) is 4.88. The summed E-state index contributed by atoms with van der Waals surface area (Å²) in [5.74, 6) is 0.507. The maximum atomic E-state index is 5.61. The maximum Gasteiger partial charge on any atom is 0.145 e. The molecule has 0 aliphatic carbocycles. The molecule has 3 N–H and O–H groups in total. The summed E-state index contributed by atoms with van der Waals surface area (Å²) in [5, 5.41) is 8.03. The Hall–Kier alpha value is -1.75. The number of hydrogen-bond donors (Lipinski definition) is 2. The van der Waals surface area contributed by atoms with Crippen molar-refractivity contribution in [1.82, 2.24) is 14.8 Å². The number of fused-ring (bicyclic) bond motifs is 1. The molecule has 0 spiro atoms. The fourth-order valence-electron chi connectivity index (χ4n) is 2.00. The third kappa shape index (κ3) is 1.63. The van der Waals surface area contributed by atoms with Gasteiger partial charge in [0.15, 0.2) is 0 Å². The highest BCUT2D eigenvalue weighted by Gasteiger charge is 2.07. The Labute approximate surface area is 107 Å². The number of aromatic amines is 1. The average Bonchev–Trinajstić information content (AvgIpc) is 2.85. The monoisotopic (exact) mass is 290 g/mol. The van der Waals surface area contributed by atoms with Crippen molar-refractivity contribution in [3.05, 3.63) is 34.9 Å². The molecule has 1 aromatic carbocycles. The molecule has 0 unspecified atom stereocenters. The molecule has 0 saturated heterocycles. The van der Waals surface area contributed by atoms with Crippen molar-refractivity contribution in [2.24, 2.45) is 7.05 Å². The zero-order valence-electron chi connectivity index (χ0n) is 9.24. The number of aromatic nitrogens is 3. The molecular weight excluding hydrogens is 280 g/mol. The fourth-order valence-corrected chi connectivity index (χ4v) is 2.62. The molecule has 0 aliphatic heterocycles. The lowest BCUT2D eigenvalue weighted by atomic mass is 10.1. The van der Waals surface area contributed by atoms with Gasteiger partial charge in [-0.3, -0.25) is 5.10 Å². The number of halogens is 1. The highest BCUT2D eigenvalue weighted by molar-refractivity contribution is 9.10. The van der Waals surface area contributed by atoms with Gasteiger partial charge in [0.2, 0.25) is 0 Å². The molecule has 3 rings (SSSR count). The minimum Gasteiger partial charge on any atom is -0.382 e. The number of nitrogens with one attached hydrogen (secondary N) is 1. The van der Waals surface area contributed by atoms with Gasteiger partial charge in [0.05, 0.1) is 5.69 Å². The first-order valence-electron chi connectivity index (χ1n) is 5.21. The number of H-pyrrole nitrogens is 1. The lowest BCUT2D eigenvalue weighted by Crippen LogP contribution is -1.84. The third-order valence-corrected chi connectivity index (χ3v) is 3.48. The van der Waals surface area contributed by atoms with E-state index in [1.807, 2.05) is 13.1 Å². The summed E-state index contributed by atoms with van der Waals surface area (Å²) in [5.41, 5.74) is 8.80. The van der Waals surface area contributed by atoms with E-state index < -0.39 is 0 Å². The zero-order chi connectivity index (χ0) is 12.0.